The first-order chi connectivity index (χ1) is 7.18. The molecule has 0 bridgehead atoms. The van der Waals surface area contributed by atoms with E-state index in [9.17, 15) is 0 Å². The first-order valence-corrected chi connectivity index (χ1v) is 5.47. The third-order valence-corrected chi connectivity index (χ3v) is 3.36. The molecule has 0 aromatic carbocycles. The van der Waals surface area contributed by atoms with Gasteiger partial charge >= 0.3 is 0 Å². The lowest BCUT2D eigenvalue weighted by atomic mass is 10.1. The summed E-state index contributed by atoms with van der Waals surface area (Å²) in [4.78, 5) is 4.47. The summed E-state index contributed by atoms with van der Waals surface area (Å²) in [6.07, 6.45) is 4.52. The topological polar surface area (TPSA) is 30.7 Å². The van der Waals surface area contributed by atoms with Crippen LogP contribution in [0, 0.1) is 13.8 Å². The van der Waals surface area contributed by atoms with Crippen molar-refractivity contribution in [2.24, 2.45) is 7.05 Å². The fraction of sp³-hybridized carbons (Fsp3) is 0.500. The van der Waals surface area contributed by atoms with Crippen molar-refractivity contribution in [2.75, 3.05) is 0 Å². The highest BCUT2D eigenvalue weighted by Gasteiger charge is 2.29. The first-order valence-electron chi connectivity index (χ1n) is 5.47. The number of hydrogen-bond acceptors (Lipinski definition) is 2. The number of rotatable bonds is 1. The average Bonchev–Trinajstić information content (AvgIpc) is 2.98. The van der Waals surface area contributed by atoms with Gasteiger partial charge in [-0.25, -0.2) is 4.98 Å². The predicted molar refractivity (Wildman–Crippen MR) is 60.0 cm³/mol. The molecule has 0 amide bonds. The van der Waals surface area contributed by atoms with E-state index in [1.54, 1.807) is 0 Å². The summed E-state index contributed by atoms with van der Waals surface area (Å²) in [5, 5.41) is 5.90. The molecule has 1 saturated carbocycles. The van der Waals surface area contributed by atoms with Crippen molar-refractivity contribution in [3.05, 3.63) is 23.0 Å². The van der Waals surface area contributed by atoms with Gasteiger partial charge < -0.3 is 0 Å². The molecule has 0 radical (unpaired) electrons. The van der Waals surface area contributed by atoms with Gasteiger partial charge in [-0.2, -0.15) is 5.10 Å². The normalized spacial score (nSPS) is 16.2. The minimum Gasteiger partial charge on any atom is -0.250 e. The fourth-order valence-electron chi connectivity index (χ4n) is 2.14. The smallest absolute Gasteiger partial charge is 0.158 e. The van der Waals surface area contributed by atoms with E-state index < -0.39 is 0 Å². The van der Waals surface area contributed by atoms with Crippen LogP contribution in [0.2, 0.25) is 0 Å². The molecule has 3 nitrogen and oxygen atoms in total. The van der Waals surface area contributed by atoms with E-state index in [1.165, 1.54) is 35.0 Å². The van der Waals surface area contributed by atoms with Crippen molar-refractivity contribution in [2.45, 2.75) is 32.6 Å². The van der Waals surface area contributed by atoms with Crippen LogP contribution in [0.15, 0.2) is 6.20 Å². The van der Waals surface area contributed by atoms with Gasteiger partial charge in [-0.3, -0.25) is 4.68 Å². The molecule has 0 unspecified atom stereocenters. The number of nitrogens with zero attached hydrogens (tertiary/aromatic N) is 3. The summed E-state index contributed by atoms with van der Waals surface area (Å²) in [6.45, 7) is 4.29. The molecule has 2 aromatic rings. The summed E-state index contributed by atoms with van der Waals surface area (Å²) < 4.78 is 1.91. The first kappa shape index (κ1) is 8.89. The molecule has 1 aliphatic rings. The Kier molecular flexibility index (Phi) is 1.67. The molecule has 3 rings (SSSR count). The lowest BCUT2D eigenvalue weighted by Gasteiger charge is -2.01. The Bertz CT molecular complexity index is 535. The molecule has 0 saturated heterocycles. The van der Waals surface area contributed by atoms with Gasteiger partial charge in [0, 0.05) is 24.5 Å². The van der Waals surface area contributed by atoms with E-state index in [0.717, 1.165) is 5.65 Å². The van der Waals surface area contributed by atoms with Crippen LogP contribution in [0.25, 0.3) is 11.0 Å². The van der Waals surface area contributed by atoms with Crippen molar-refractivity contribution in [3.8, 4) is 0 Å². The van der Waals surface area contributed by atoms with E-state index in [2.05, 4.69) is 23.9 Å². The molecule has 0 spiro atoms. The number of pyridine rings is 1. The van der Waals surface area contributed by atoms with Crippen LogP contribution in [0.1, 0.15) is 35.6 Å². The van der Waals surface area contributed by atoms with Crippen LogP contribution < -0.4 is 0 Å². The van der Waals surface area contributed by atoms with Crippen LogP contribution in [0.4, 0.5) is 0 Å². The van der Waals surface area contributed by atoms with Crippen LogP contribution in [-0.2, 0) is 7.05 Å². The monoisotopic (exact) mass is 201 g/mol. The second-order valence-electron chi connectivity index (χ2n) is 4.55. The lowest BCUT2D eigenvalue weighted by Crippen LogP contribution is -1.92. The molecular formula is C12H15N3. The van der Waals surface area contributed by atoms with Gasteiger partial charge in [0.15, 0.2) is 5.65 Å². The zero-order chi connectivity index (χ0) is 10.6. The summed E-state index contributed by atoms with van der Waals surface area (Å²) in [5.41, 5.74) is 4.90. The highest BCUT2D eigenvalue weighted by molar-refractivity contribution is 5.83. The maximum absolute atomic E-state index is 4.61. The quantitative estimate of drug-likeness (QED) is 0.709. The molecule has 3 heteroatoms. The van der Waals surface area contributed by atoms with Gasteiger partial charge in [-0.1, -0.05) is 0 Å². The van der Waals surface area contributed by atoms with Crippen molar-refractivity contribution >= 4 is 11.0 Å². The van der Waals surface area contributed by atoms with Crippen molar-refractivity contribution in [1.29, 1.82) is 0 Å². The van der Waals surface area contributed by atoms with Crippen LogP contribution in [0.5, 0.6) is 0 Å². The van der Waals surface area contributed by atoms with E-state index in [4.69, 9.17) is 0 Å². The molecular weight excluding hydrogens is 186 g/mol. The molecule has 2 aromatic heterocycles. The standard InChI is InChI=1S/C12H15N3/c1-7-6-13-12-10(8(7)2)11(9-4-5-9)14-15(12)3/h6,9H,4-5H2,1-3H3. The SMILES string of the molecule is Cc1cnc2c(c(C3CC3)nn2C)c1C. The lowest BCUT2D eigenvalue weighted by molar-refractivity contribution is 0.759. The molecule has 1 aliphatic carbocycles. The maximum Gasteiger partial charge on any atom is 0.158 e. The average molecular weight is 201 g/mol. The Morgan fingerprint density at radius 3 is 2.73 bits per heavy atom. The van der Waals surface area contributed by atoms with Gasteiger partial charge in [-0.05, 0) is 37.8 Å². The molecule has 1 fully saturated rings. The Hall–Kier alpha value is -1.38. The highest BCUT2D eigenvalue weighted by Crippen LogP contribution is 2.43. The Balaban J connectivity index is 2.40. The maximum atomic E-state index is 4.61. The van der Waals surface area contributed by atoms with Crippen molar-refractivity contribution in [1.82, 2.24) is 14.8 Å². The van der Waals surface area contributed by atoms with E-state index >= 15 is 0 Å². The molecule has 0 aliphatic heterocycles. The minimum atomic E-state index is 0.691. The number of aryl methyl sites for hydroxylation is 3. The Morgan fingerprint density at radius 2 is 2.07 bits per heavy atom. The largest absolute Gasteiger partial charge is 0.250 e. The number of fused-ring (bicyclic) bond motifs is 1. The third-order valence-electron chi connectivity index (χ3n) is 3.36. The van der Waals surface area contributed by atoms with Crippen molar-refractivity contribution in [3.63, 3.8) is 0 Å². The van der Waals surface area contributed by atoms with E-state index in [1.807, 2.05) is 17.9 Å². The zero-order valence-corrected chi connectivity index (χ0v) is 9.41. The summed E-state index contributed by atoms with van der Waals surface area (Å²) in [5.74, 6) is 0.691. The summed E-state index contributed by atoms with van der Waals surface area (Å²) >= 11 is 0. The van der Waals surface area contributed by atoms with Gasteiger partial charge in [0.1, 0.15) is 0 Å². The molecule has 78 valence electrons. The van der Waals surface area contributed by atoms with Crippen molar-refractivity contribution < 1.29 is 0 Å². The molecule has 2 heterocycles. The van der Waals surface area contributed by atoms with E-state index in [-0.39, 0.29) is 0 Å². The van der Waals surface area contributed by atoms with Crippen LogP contribution >= 0.6 is 0 Å². The minimum absolute atomic E-state index is 0.691. The zero-order valence-electron chi connectivity index (χ0n) is 9.41. The van der Waals surface area contributed by atoms with E-state index in [0.29, 0.717) is 5.92 Å². The number of hydrogen-bond donors (Lipinski definition) is 0. The Morgan fingerprint density at radius 1 is 1.33 bits per heavy atom. The van der Waals surface area contributed by atoms with Crippen LogP contribution in [-0.4, -0.2) is 14.8 Å². The second kappa shape index (κ2) is 2.81. The van der Waals surface area contributed by atoms with Gasteiger partial charge in [-0.15, -0.1) is 0 Å². The van der Waals surface area contributed by atoms with Crippen LogP contribution in [0.3, 0.4) is 0 Å². The molecule has 15 heavy (non-hydrogen) atoms. The molecule has 0 atom stereocenters. The second-order valence-corrected chi connectivity index (χ2v) is 4.55. The third kappa shape index (κ3) is 1.19. The molecule has 0 N–H and O–H groups in total. The van der Waals surface area contributed by atoms with Gasteiger partial charge in [0.05, 0.1) is 5.69 Å². The Labute approximate surface area is 89.1 Å². The fourth-order valence-corrected chi connectivity index (χ4v) is 2.14. The number of aromatic nitrogens is 3. The van der Waals surface area contributed by atoms with Gasteiger partial charge in [0.2, 0.25) is 0 Å². The predicted octanol–water partition coefficient (Wildman–Crippen LogP) is 2.46. The summed E-state index contributed by atoms with van der Waals surface area (Å²) in [6, 6.07) is 0. The summed E-state index contributed by atoms with van der Waals surface area (Å²) in [7, 11) is 1.98. The highest BCUT2D eigenvalue weighted by atomic mass is 15.3. The van der Waals surface area contributed by atoms with Gasteiger partial charge in [0.25, 0.3) is 0 Å².